The van der Waals surface area contributed by atoms with Gasteiger partial charge in [-0.3, -0.25) is 0 Å². The summed E-state index contributed by atoms with van der Waals surface area (Å²) in [5, 5.41) is 0. The van der Waals surface area contributed by atoms with Crippen LogP contribution in [0.4, 0.5) is 0 Å². The molecule has 0 atom stereocenters. The molecule has 0 saturated carbocycles. The van der Waals surface area contributed by atoms with Crippen LogP contribution in [0.25, 0.3) is 0 Å². The molecule has 0 amide bonds. The summed E-state index contributed by atoms with van der Waals surface area (Å²) in [6.07, 6.45) is 19.4. The molecule has 0 aromatic carbocycles. The standard InChI is InChI=1S/C11H16.C10H14.C4H8/c1-3-6-11-8-5-7-10(4-2)9-11;1-3-5-10-7-6-9(4-2)8-10;1-3-4-2/h3-4,6,9H,5,7-8H2,1-2H3;3-5,8H,6-7H2,1-2H3;3-4H,1-2H3/i9D;8D;3D. The summed E-state index contributed by atoms with van der Waals surface area (Å²) in [5.41, 5.74) is 4.77. The van der Waals surface area contributed by atoms with E-state index in [-0.39, 0.29) is 0 Å². The van der Waals surface area contributed by atoms with Gasteiger partial charge in [-0.15, -0.1) is 0 Å². The van der Waals surface area contributed by atoms with Gasteiger partial charge >= 0.3 is 0 Å². The minimum atomic E-state index is 0.630. The highest BCUT2D eigenvalue weighted by atomic mass is 14.1. The second-order valence-corrected chi connectivity index (χ2v) is 5.86. The van der Waals surface area contributed by atoms with E-state index < -0.39 is 0 Å². The molecule has 2 rings (SSSR count). The first-order chi connectivity index (χ1) is 13.4. The average Bonchev–Trinajstić information content (AvgIpc) is 3.04. The molecule has 0 radical (unpaired) electrons. The van der Waals surface area contributed by atoms with Gasteiger partial charge in [0.1, 0.15) is 0 Å². The van der Waals surface area contributed by atoms with Crippen LogP contribution >= 0.6 is 0 Å². The lowest BCUT2D eigenvalue weighted by atomic mass is 9.95. The van der Waals surface area contributed by atoms with E-state index in [4.69, 9.17) is 4.11 Å². The Labute approximate surface area is 161 Å². The van der Waals surface area contributed by atoms with E-state index in [1.807, 2.05) is 58.9 Å². The number of hydrogen-bond donors (Lipinski definition) is 0. The number of allylic oxidation sites excluding steroid dienone is 14. The van der Waals surface area contributed by atoms with Crippen LogP contribution in [-0.4, -0.2) is 0 Å². The van der Waals surface area contributed by atoms with Crippen molar-refractivity contribution in [1.29, 1.82) is 0 Å². The molecule has 0 nitrogen and oxygen atoms in total. The van der Waals surface area contributed by atoms with E-state index in [0.29, 0.717) is 6.05 Å². The summed E-state index contributed by atoms with van der Waals surface area (Å²) in [5.74, 6) is 0. The van der Waals surface area contributed by atoms with Crippen molar-refractivity contribution >= 4 is 0 Å². The molecule has 138 valence electrons. The van der Waals surface area contributed by atoms with Crippen LogP contribution in [0.1, 0.15) is 77.8 Å². The lowest BCUT2D eigenvalue weighted by molar-refractivity contribution is 0.796. The van der Waals surface area contributed by atoms with Gasteiger partial charge in [0, 0.05) is 0 Å². The highest BCUT2D eigenvalue weighted by Crippen LogP contribution is 2.23. The fraction of sp³-hybridized carbons (Fsp3) is 0.440. The average molecular weight is 342 g/mol. The predicted molar refractivity (Wildman–Crippen MR) is 117 cm³/mol. The van der Waals surface area contributed by atoms with Crippen molar-refractivity contribution in [2.45, 2.75) is 73.6 Å². The summed E-state index contributed by atoms with van der Waals surface area (Å²) in [6.45, 7) is 11.6. The first kappa shape index (κ1) is 18.0. The third-order valence-electron chi connectivity index (χ3n) is 3.92. The Balaban J connectivity index is 0.000000424. The van der Waals surface area contributed by atoms with Crippen molar-refractivity contribution < 1.29 is 4.11 Å². The van der Waals surface area contributed by atoms with Crippen LogP contribution in [0, 0.1) is 0 Å². The first-order valence-electron chi connectivity index (χ1n) is 10.9. The van der Waals surface area contributed by atoms with E-state index in [2.05, 4.69) is 12.2 Å². The maximum atomic E-state index is 7.85. The summed E-state index contributed by atoms with van der Waals surface area (Å²) in [7, 11) is 0. The molecule has 0 N–H and O–H groups in total. The molecule has 0 aromatic rings. The molecule has 0 fully saturated rings. The van der Waals surface area contributed by atoms with Crippen LogP contribution < -0.4 is 0 Å². The lowest BCUT2D eigenvalue weighted by Gasteiger charge is -2.11. The highest BCUT2D eigenvalue weighted by Gasteiger charge is 2.04. The minimum absolute atomic E-state index is 0.630. The van der Waals surface area contributed by atoms with Crippen molar-refractivity contribution in [3.8, 4) is 0 Å². The van der Waals surface area contributed by atoms with Crippen molar-refractivity contribution in [2.75, 3.05) is 0 Å². The first-order valence-corrected chi connectivity index (χ1v) is 9.41. The smallest absolute Gasteiger partial charge is 0.0628 e. The molecule has 0 spiro atoms. The molecule has 0 unspecified atom stereocenters. The van der Waals surface area contributed by atoms with Crippen molar-refractivity contribution in [1.82, 2.24) is 0 Å². The molecule has 0 heterocycles. The molecule has 2 aliphatic carbocycles. The molecule has 0 aromatic heterocycles. The van der Waals surface area contributed by atoms with Crippen LogP contribution in [0.5, 0.6) is 0 Å². The summed E-state index contributed by atoms with van der Waals surface area (Å²) >= 11 is 0. The third-order valence-corrected chi connectivity index (χ3v) is 3.92. The van der Waals surface area contributed by atoms with Gasteiger partial charge in [0.05, 0.1) is 4.11 Å². The summed E-state index contributed by atoms with van der Waals surface area (Å²) < 4.78 is 22.2. The topological polar surface area (TPSA) is 0 Å². The Morgan fingerprint density at radius 1 is 0.720 bits per heavy atom. The SMILES string of the molecule is [2H]C(C)=CC.[2H]C1=C(C=CC)CCC1=CC.[2H]C1=C(C=CC)CCCC1=CC. The largest absolute Gasteiger partial charge is 0.0919 e. The van der Waals surface area contributed by atoms with E-state index in [1.54, 1.807) is 13.0 Å². The molecular formula is C25H38. The van der Waals surface area contributed by atoms with E-state index >= 15 is 0 Å². The summed E-state index contributed by atoms with van der Waals surface area (Å²) in [4.78, 5) is 0. The predicted octanol–water partition coefficient (Wildman–Crippen LogP) is 8.43. The number of rotatable bonds is 2. The Morgan fingerprint density at radius 3 is 1.60 bits per heavy atom. The van der Waals surface area contributed by atoms with Gasteiger partial charge in [0.2, 0.25) is 0 Å². The minimum Gasteiger partial charge on any atom is -0.0919 e. The normalized spacial score (nSPS) is 23.4. The third kappa shape index (κ3) is 11.4. The second kappa shape index (κ2) is 15.7. The lowest BCUT2D eigenvalue weighted by Crippen LogP contribution is -1.91. The maximum Gasteiger partial charge on any atom is 0.0628 e. The molecule has 25 heavy (non-hydrogen) atoms. The van der Waals surface area contributed by atoms with E-state index in [1.165, 1.54) is 28.7 Å². The zero-order chi connectivity index (χ0) is 21.5. The van der Waals surface area contributed by atoms with Crippen LogP contribution in [0.15, 0.2) is 83.0 Å². The van der Waals surface area contributed by atoms with Gasteiger partial charge < -0.3 is 0 Å². The van der Waals surface area contributed by atoms with Gasteiger partial charge in [-0.25, -0.2) is 0 Å². The molecule has 0 saturated heterocycles. The fourth-order valence-electron chi connectivity index (χ4n) is 2.49. The molecule has 0 aliphatic heterocycles. The number of hydrogen-bond acceptors (Lipinski definition) is 0. The monoisotopic (exact) mass is 341 g/mol. The molecule has 0 heteroatoms. The highest BCUT2D eigenvalue weighted by molar-refractivity contribution is 5.36. The second-order valence-electron chi connectivity index (χ2n) is 5.86. The molecular weight excluding hydrogens is 300 g/mol. The van der Waals surface area contributed by atoms with Gasteiger partial charge in [0.15, 0.2) is 0 Å². The van der Waals surface area contributed by atoms with Crippen molar-refractivity contribution in [3.63, 3.8) is 0 Å². The maximum absolute atomic E-state index is 7.85. The van der Waals surface area contributed by atoms with Gasteiger partial charge in [0.25, 0.3) is 0 Å². The molecule has 0 bridgehead atoms. The zero-order valence-corrected chi connectivity index (χ0v) is 17.1. The van der Waals surface area contributed by atoms with E-state index in [0.717, 1.165) is 37.8 Å². The zero-order valence-electron chi connectivity index (χ0n) is 20.1. The van der Waals surface area contributed by atoms with Crippen LogP contribution in [0.3, 0.4) is 0 Å². The Morgan fingerprint density at radius 2 is 1.20 bits per heavy atom. The fourth-order valence-corrected chi connectivity index (χ4v) is 2.49. The summed E-state index contributed by atoms with van der Waals surface area (Å²) in [6, 6.07) is 2.12. The van der Waals surface area contributed by atoms with Crippen molar-refractivity contribution in [2.24, 2.45) is 0 Å². The van der Waals surface area contributed by atoms with Crippen LogP contribution in [0.2, 0.25) is 0 Å². The Hall–Kier alpha value is -1.82. The van der Waals surface area contributed by atoms with Crippen molar-refractivity contribution in [3.05, 3.63) is 83.0 Å². The Bertz CT molecular complexity index is 691. The van der Waals surface area contributed by atoms with Crippen LogP contribution in [-0.2, 0) is 0 Å². The van der Waals surface area contributed by atoms with Gasteiger partial charge in [-0.05, 0) is 84.8 Å². The van der Waals surface area contributed by atoms with E-state index in [9.17, 15) is 0 Å². The Kier molecular flexibility index (Phi) is 11.3. The van der Waals surface area contributed by atoms with Gasteiger partial charge in [-0.2, -0.15) is 0 Å². The quantitative estimate of drug-likeness (QED) is 0.442. The molecule has 2 aliphatic rings. The van der Waals surface area contributed by atoms with Gasteiger partial charge in [-0.1, -0.05) is 71.8 Å².